The molecule has 2 saturated heterocycles. The van der Waals surface area contributed by atoms with E-state index in [1.165, 1.54) is 28.6 Å². The second-order valence-corrected chi connectivity index (χ2v) is 13.8. The number of aromatic nitrogens is 2. The van der Waals surface area contributed by atoms with E-state index in [9.17, 15) is 26.4 Å². The number of hydrogen-bond donors (Lipinski definition) is 1. The van der Waals surface area contributed by atoms with Crippen LogP contribution in [0.2, 0.25) is 4.34 Å². The molecule has 1 aromatic carbocycles. The summed E-state index contributed by atoms with van der Waals surface area (Å²) in [6.45, 7) is 3.82. The van der Waals surface area contributed by atoms with Gasteiger partial charge in [-0.05, 0) is 55.5 Å². The van der Waals surface area contributed by atoms with E-state index < -0.39 is 33.7 Å². The molecule has 214 valence electrons. The molecule has 8 nitrogen and oxygen atoms in total. The molecule has 1 unspecified atom stereocenters. The van der Waals surface area contributed by atoms with Gasteiger partial charge in [-0.15, -0.1) is 11.3 Å². The smallest absolute Gasteiger partial charge is 0.349 e. The van der Waals surface area contributed by atoms with Crippen LogP contribution < -0.4 is 10.2 Å². The number of alkyl halides is 3. The molecule has 4 heterocycles. The molecule has 40 heavy (non-hydrogen) atoms. The number of sulfonamides is 1. The number of halogens is 4. The Bertz CT molecular complexity index is 1500. The van der Waals surface area contributed by atoms with E-state index in [-0.39, 0.29) is 17.3 Å². The van der Waals surface area contributed by atoms with Gasteiger partial charge < -0.3 is 10.2 Å². The van der Waals surface area contributed by atoms with Crippen molar-refractivity contribution in [1.82, 2.24) is 19.6 Å². The summed E-state index contributed by atoms with van der Waals surface area (Å²) >= 11 is 6.87. The van der Waals surface area contributed by atoms with Crippen LogP contribution in [-0.2, 0) is 27.5 Å². The van der Waals surface area contributed by atoms with Gasteiger partial charge in [0.05, 0.1) is 27.8 Å². The Balaban J connectivity index is 1.37. The van der Waals surface area contributed by atoms with Crippen molar-refractivity contribution in [1.29, 1.82) is 0 Å². The first-order chi connectivity index (χ1) is 18.9. The summed E-state index contributed by atoms with van der Waals surface area (Å²) in [6, 6.07) is 8.43. The molecule has 0 aliphatic carbocycles. The second kappa shape index (κ2) is 11.3. The Morgan fingerprint density at radius 3 is 2.50 bits per heavy atom. The highest BCUT2D eigenvalue weighted by molar-refractivity contribution is 7.91. The van der Waals surface area contributed by atoms with Crippen molar-refractivity contribution < 1.29 is 26.4 Å². The van der Waals surface area contributed by atoms with Crippen LogP contribution in [0, 0.1) is 5.92 Å². The van der Waals surface area contributed by atoms with Gasteiger partial charge in [0.1, 0.15) is 10.3 Å². The number of hydrogen-bond acceptors (Lipinski definition) is 7. The minimum absolute atomic E-state index is 0.000595. The molecule has 2 aromatic heterocycles. The van der Waals surface area contributed by atoms with Gasteiger partial charge in [-0.25, -0.2) is 18.4 Å². The number of thiophene rings is 1. The Morgan fingerprint density at radius 2 is 1.88 bits per heavy atom. The number of amides is 1. The standard InChI is InChI=1S/C26H27ClF3N5O3S2/c1-16-10-12-34(15-16)25-32-19(13-20(33-25)17-4-6-18(7-5-17)26(28,29)30)14-31-24(36)21-3-2-11-35(21)40(37,38)23-9-8-22(27)39-23/h4-9,13,16,21H,2-3,10-12,14-15H2,1H3,(H,31,36)/t16?,21-/m0/s1. The molecule has 1 N–H and O–H groups in total. The zero-order chi connectivity index (χ0) is 28.7. The maximum Gasteiger partial charge on any atom is 0.416 e. The van der Waals surface area contributed by atoms with Crippen molar-refractivity contribution in [2.24, 2.45) is 5.92 Å². The van der Waals surface area contributed by atoms with Crippen LogP contribution >= 0.6 is 22.9 Å². The predicted octanol–water partition coefficient (Wildman–Crippen LogP) is 5.19. The minimum Gasteiger partial charge on any atom is -0.349 e. The van der Waals surface area contributed by atoms with Crippen molar-refractivity contribution >= 4 is 44.8 Å². The first kappa shape index (κ1) is 28.8. The average molecular weight is 614 g/mol. The highest BCUT2D eigenvalue weighted by Gasteiger charge is 2.40. The Labute approximate surface area is 239 Å². The fourth-order valence-corrected chi connectivity index (χ4v) is 8.22. The molecule has 2 fully saturated rings. The van der Waals surface area contributed by atoms with Crippen molar-refractivity contribution in [2.75, 3.05) is 24.5 Å². The third kappa shape index (κ3) is 6.12. The molecule has 0 spiro atoms. The van der Waals surface area contributed by atoms with E-state index in [2.05, 4.69) is 22.2 Å². The molecule has 0 saturated carbocycles. The van der Waals surface area contributed by atoms with Crippen molar-refractivity contribution in [3.63, 3.8) is 0 Å². The minimum atomic E-state index is -4.45. The molecule has 1 amide bonds. The van der Waals surface area contributed by atoms with Crippen LogP contribution in [0.1, 0.15) is 37.4 Å². The van der Waals surface area contributed by atoms with Gasteiger partial charge in [0.2, 0.25) is 11.9 Å². The third-order valence-corrected chi connectivity index (χ3v) is 10.7. The van der Waals surface area contributed by atoms with Gasteiger partial charge in [-0.1, -0.05) is 30.7 Å². The van der Waals surface area contributed by atoms with Crippen LogP contribution in [0.4, 0.5) is 19.1 Å². The predicted molar refractivity (Wildman–Crippen MR) is 147 cm³/mol. The first-order valence-corrected chi connectivity index (χ1v) is 15.4. The van der Waals surface area contributed by atoms with Crippen molar-refractivity contribution in [2.45, 2.75) is 49.2 Å². The van der Waals surface area contributed by atoms with E-state index >= 15 is 0 Å². The van der Waals surface area contributed by atoms with E-state index in [0.29, 0.717) is 46.0 Å². The van der Waals surface area contributed by atoms with Crippen LogP contribution in [0.5, 0.6) is 0 Å². The third-order valence-electron chi connectivity index (χ3n) is 7.04. The lowest BCUT2D eigenvalue weighted by atomic mass is 10.1. The topological polar surface area (TPSA) is 95.5 Å². The summed E-state index contributed by atoms with van der Waals surface area (Å²) in [4.78, 5) is 24.4. The van der Waals surface area contributed by atoms with E-state index in [1.54, 1.807) is 6.07 Å². The summed E-state index contributed by atoms with van der Waals surface area (Å²) in [7, 11) is -3.88. The normalized spacial score (nSPS) is 20.3. The molecule has 14 heteroatoms. The summed E-state index contributed by atoms with van der Waals surface area (Å²) in [5.41, 5.74) is 0.624. The van der Waals surface area contributed by atoms with Gasteiger partial charge in [0.25, 0.3) is 10.0 Å². The van der Waals surface area contributed by atoms with Crippen LogP contribution in [-0.4, -0.2) is 54.3 Å². The summed E-state index contributed by atoms with van der Waals surface area (Å²) in [6.07, 6.45) is -2.57. The maximum atomic E-state index is 13.2. The number of rotatable bonds is 7. The highest BCUT2D eigenvalue weighted by Crippen LogP contribution is 2.33. The molecule has 2 aliphatic rings. The van der Waals surface area contributed by atoms with Gasteiger partial charge in [-0.3, -0.25) is 4.79 Å². The number of carbonyl (C=O) groups excluding carboxylic acids is 1. The fourth-order valence-electron chi connectivity index (χ4n) is 4.95. The molecule has 2 atom stereocenters. The summed E-state index contributed by atoms with van der Waals surface area (Å²) in [5.74, 6) is 0.426. The van der Waals surface area contributed by atoms with Crippen LogP contribution in [0.25, 0.3) is 11.3 Å². The molecule has 0 radical (unpaired) electrons. The lowest BCUT2D eigenvalue weighted by molar-refractivity contribution is -0.137. The van der Waals surface area contributed by atoms with Gasteiger partial charge >= 0.3 is 6.18 Å². The highest BCUT2D eigenvalue weighted by atomic mass is 35.5. The molecule has 5 rings (SSSR count). The Hall–Kier alpha value is -2.74. The van der Waals surface area contributed by atoms with E-state index in [0.717, 1.165) is 43.0 Å². The monoisotopic (exact) mass is 613 g/mol. The molecular formula is C26H27ClF3N5O3S2. The molecule has 3 aromatic rings. The van der Waals surface area contributed by atoms with Gasteiger partial charge in [-0.2, -0.15) is 17.5 Å². The fraction of sp³-hybridized carbons (Fsp3) is 0.423. The lowest BCUT2D eigenvalue weighted by Crippen LogP contribution is -2.45. The van der Waals surface area contributed by atoms with E-state index in [1.807, 2.05) is 4.90 Å². The van der Waals surface area contributed by atoms with Gasteiger partial charge in [0.15, 0.2) is 0 Å². The maximum absolute atomic E-state index is 13.2. The van der Waals surface area contributed by atoms with Crippen LogP contribution in [0.15, 0.2) is 46.7 Å². The SMILES string of the molecule is CC1CCN(c2nc(CNC(=O)[C@@H]3CCCN3S(=O)(=O)c3ccc(Cl)s3)cc(-c3ccc(C(F)(F)F)cc3)n2)C1. The molecule has 0 bridgehead atoms. The number of benzene rings is 1. The number of anilines is 1. The Kier molecular flexibility index (Phi) is 8.10. The number of nitrogens with zero attached hydrogens (tertiary/aromatic N) is 4. The summed E-state index contributed by atoms with van der Waals surface area (Å²) in [5, 5.41) is 2.81. The second-order valence-electron chi connectivity index (χ2n) is 10.0. The zero-order valence-corrected chi connectivity index (χ0v) is 23.9. The van der Waals surface area contributed by atoms with E-state index in [4.69, 9.17) is 11.6 Å². The first-order valence-electron chi connectivity index (χ1n) is 12.8. The quantitative estimate of drug-likeness (QED) is 0.394. The number of nitrogens with one attached hydrogen (secondary N) is 1. The zero-order valence-electron chi connectivity index (χ0n) is 21.5. The largest absolute Gasteiger partial charge is 0.416 e. The Morgan fingerprint density at radius 1 is 1.12 bits per heavy atom. The number of carbonyl (C=O) groups is 1. The van der Waals surface area contributed by atoms with Gasteiger partial charge in [0, 0.05) is 25.2 Å². The van der Waals surface area contributed by atoms with Crippen LogP contribution in [0.3, 0.4) is 0 Å². The molecular weight excluding hydrogens is 587 g/mol. The molecule has 2 aliphatic heterocycles. The lowest BCUT2D eigenvalue weighted by Gasteiger charge is -2.23. The van der Waals surface area contributed by atoms with Crippen molar-refractivity contribution in [3.05, 3.63) is 58.1 Å². The average Bonchev–Trinajstić information content (AvgIpc) is 3.68. The van der Waals surface area contributed by atoms with Crippen molar-refractivity contribution in [3.8, 4) is 11.3 Å². The summed E-state index contributed by atoms with van der Waals surface area (Å²) < 4.78 is 67.1.